The number of azo groups is 1. The monoisotopic (exact) mass is 365 g/mol. The molecule has 0 aliphatic carbocycles. The highest BCUT2D eigenvalue weighted by atomic mass is 32.2. The van der Waals surface area contributed by atoms with Gasteiger partial charge in [-0.1, -0.05) is 36.1 Å². The zero-order valence-corrected chi connectivity index (χ0v) is 14.9. The van der Waals surface area contributed by atoms with E-state index in [1.165, 1.54) is 28.6 Å². The summed E-state index contributed by atoms with van der Waals surface area (Å²) in [5.74, 6) is 0.372. The number of nitro benzene ring substituents is 1. The number of ether oxygens (including phenoxy) is 1. The van der Waals surface area contributed by atoms with Crippen LogP contribution >= 0.6 is 24.0 Å². The van der Waals surface area contributed by atoms with Gasteiger partial charge in [0.1, 0.15) is 0 Å². The average Bonchev–Trinajstić information content (AvgIpc) is 2.88. The summed E-state index contributed by atoms with van der Waals surface area (Å²) in [6.07, 6.45) is 1.84. The lowest BCUT2D eigenvalue weighted by Crippen LogP contribution is -2.09. The molecular formula is C14H15N5O3S2. The second-order valence-corrected chi connectivity index (χ2v) is 5.94. The number of hydrogen-bond donors (Lipinski definition) is 0. The first-order valence-electron chi connectivity index (χ1n) is 6.95. The van der Waals surface area contributed by atoms with E-state index in [-0.39, 0.29) is 11.4 Å². The number of aryl methyl sites for hydroxylation is 1. The van der Waals surface area contributed by atoms with Gasteiger partial charge in [-0.25, -0.2) is 0 Å². The molecule has 1 aromatic heterocycles. The highest BCUT2D eigenvalue weighted by Gasteiger charge is 2.20. The first kappa shape index (κ1) is 18.0. The van der Waals surface area contributed by atoms with Gasteiger partial charge in [-0.05, 0) is 26.2 Å². The lowest BCUT2D eigenvalue weighted by Gasteiger charge is -2.06. The quantitative estimate of drug-likeness (QED) is 0.337. The van der Waals surface area contributed by atoms with Crippen LogP contribution in [-0.4, -0.2) is 31.9 Å². The largest absolute Gasteiger partial charge is 0.476 e. The number of nitrogens with zero attached hydrogens (tertiary/aromatic N) is 5. The highest BCUT2D eigenvalue weighted by Crippen LogP contribution is 2.35. The minimum atomic E-state index is -0.503. The Balaban J connectivity index is 2.48. The number of thioether (sulfide) groups is 1. The topological polar surface area (TPSA) is 94.9 Å². The summed E-state index contributed by atoms with van der Waals surface area (Å²) in [7, 11) is 0. The predicted molar refractivity (Wildman–Crippen MR) is 96.9 cm³/mol. The third-order valence-corrected chi connectivity index (χ3v) is 4.15. The summed E-state index contributed by atoms with van der Waals surface area (Å²) in [5, 5.41) is 23.5. The van der Waals surface area contributed by atoms with Crippen molar-refractivity contribution in [1.82, 2.24) is 9.78 Å². The fourth-order valence-corrected chi connectivity index (χ4v) is 2.32. The van der Waals surface area contributed by atoms with Gasteiger partial charge >= 0.3 is 0 Å². The molecule has 0 aliphatic heterocycles. The molecule has 24 heavy (non-hydrogen) atoms. The molecule has 10 heteroatoms. The third kappa shape index (κ3) is 3.77. The van der Waals surface area contributed by atoms with Crippen LogP contribution in [0.2, 0.25) is 0 Å². The van der Waals surface area contributed by atoms with Crippen molar-refractivity contribution in [3.63, 3.8) is 0 Å². The van der Waals surface area contributed by atoms with E-state index in [9.17, 15) is 10.1 Å². The number of aromatic nitrogens is 2. The predicted octanol–water partition coefficient (Wildman–Crippen LogP) is 4.41. The molecule has 0 N–H and O–H groups in total. The standard InChI is InChI=1S/C14H15N5O3S2/c1-4-22-13-12(9(2)17-18(13)14(23)24-3)16-15-10-7-5-6-8-11(10)19(20)21/h5-8H,4H2,1-3H3. The van der Waals surface area contributed by atoms with E-state index in [1.807, 2.05) is 13.2 Å². The van der Waals surface area contributed by atoms with Gasteiger partial charge in [-0.2, -0.15) is 9.78 Å². The van der Waals surface area contributed by atoms with Crippen LogP contribution < -0.4 is 4.74 Å². The first-order chi connectivity index (χ1) is 11.5. The fraction of sp³-hybridized carbons (Fsp3) is 0.286. The zero-order valence-electron chi connectivity index (χ0n) is 13.3. The van der Waals surface area contributed by atoms with Crippen molar-refractivity contribution in [1.29, 1.82) is 0 Å². The number of nitro groups is 1. The van der Waals surface area contributed by atoms with Crippen molar-refractivity contribution in [2.45, 2.75) is 13.8 Å². The molecule has 0 spiro atoms. The van der Waals surface area contributed by atoms with E-state index in [4.69, 9.17) is 17.0 Å². The summed E-state index contributed by atoms with van der Waals surface area (Å²) in [6, 6.07) is 6.12. The first-order valence-corrected chi connectivity index (χ1v) is 8.58. The molecule has 2 aromatic rings. The summed E-state index contributed by atoms with van der Waals surface area (Å²) >= 11 is 6.60. The van der Waals surface area contributed by atoms with Crippen molar-refractivity contribution < 1.29 is 9.66 Å². The van der Waals surface area contributed by atoms with Gasteiger partial charge in [-0.3, -0.25) is 10.1 Å². The summed E-state index contributed by atoms with van der Waals surface area (Å²) in [4.78, 5) is 10.5. The Hall–Kier alpha value is -2.33. The van der Waals surface area contributed by atoms with Crippen LogP contribution in [0.4, 0.5) is 17.1 Å². The van der Waals surface area contributed by atoms with Gasteiger partial charge < -0.3 is 4.74 Å². The van der Waals surface area contributed by atoms with E-state index >= 15 is 0 Å². The maximum absolute atomic E-state index is 11.0. The van der Waals surface area contributed by atoms with Crippen LogP contribution in [0.3, 0.4) is 0 Å². The Kier molecular flexibility index (Phi) is 5.99. The van der Waals surface area contributed by atoms with Crippen molar-refractivity contribution in [2.75, 3.05) is 12.9 Å². The van der Waals surface area contributed by atoms with E-state index in [2.05, 4.69) is 15.3 Å². The number of para-hydroxylation sites is 1. The van der Waals surface area contributed by atoms with Gasteiger partial charge in [-0.15, -0.1) is 10.2 Å². The van der Waals surface area contributed by atoms with E-state index in [0.29, 0.717) is 28.2 Å². The van der Waals surface area contributed by atoms with Crippen LogP contribution in [0.1, 0.15) is 12.6 Å². The molecule has 126 valence electrons. The summed E-state index contributed by atoms with van der Waals surface area (Å²) in [5.41, 5.74) is 0.997. The van der Waals surface area contributed by atoms with Gasteiger partial charge in [0.15, 0.2) is 15.7 Å². The molecule has 0 saturated heterocycles. The lowest BCUT2D eigenvalue weighted by molar-refractivity contribution is -0.384. The molecule has 0 atom stereocenters. The second kappa shape index (κ2) is 7.97. The van der Waals surface area contributed by atoms with Crippen LogP contribution in [0, 0.1) is 17.0 Å². The lowest BCUT2D eigenvalue weighted by atomic mass is 10.3. The average molecular weight is 365 g/mol. The van der Waals surface area contributed by atoms with E-state index < -0.39 is 4.92 Å². The fourth-order valence-electron chi connectivity index (χ4n) is 1.90. The van der Waals surface area contributed by atoms with Crippen LogP contribution in [0.15, 0.2) is 34.5 Å². The molecule has 0 saturated carbocycles. The molecule has 0 aliphatic rings. The molecule has 0 fully saturated rings. The molecule has 1 aromatic carbocycles. The molecule has 0 unspecified atom stereocenters. The normalized spacial score (nSPS) is 11.0. The third-order valence-electron chi connectivity index (χ3n) is 2.95. The minimum absolute atomic E-state index is 0.121. The van der Waals surface area contributed by atoms with E-state index in [0.717, 1.165) is 0 Å². The maximum Gasteiger partial charge on any atom is 0.296 e. The molecule has 0 amide bonds. The van der Waals surface area contributed by atoms with Gasteiger partial charge in [0, 0.05) is 6.07 Å². The van der Waals surface area contributed by atoms with Gasteiger partial charge in [0.25, 0.3) is 5.69 Å². The molecule has 2 rings (SSSR count). The number of hydrogen-bond acceptors (Lipinski definition) is 8. The smallest absolute Gasteiger partial charge is 0.296 e. The van der Waals surface area contributed by atoms with Crippen molar-refractivity contribution in [3.05, 3.63) is 40.1 Å². The summed E-state index contributed by atoms with van der Waals surface area (Å²) < 4.78 is 7.58. The Morgan fingerprint density at radius 1 is 1.46 bits per heavy atom. The molecule has 0 radical (unpaired) electrons. The van der Waals surface area contributed by atoms with Crippen LogP contribution in [-0.2, 0) is 0 Å². The summed E-state index contributed by atoms with van der Waals surface area (Å²) in [6.45, 7) is 3.98. The zero-order chi connectivity index (χ0) is 17.7. The van der Waals surface area contributed by atoms with E-state index in [1.54, 1.807) is 19.1 Å². The second-order valence-electron chi connectivity index (χ2n) is 4.50. The Morgan fingerprint density at radius 3 is 2.79 bits per heavy atom. The number of rotatable bonds is 5. The number of benzene rings is 1. The molecular weight excluding hydrogens is 350 g/mol. The maximum atomic E-state index is 11.0. The number of thiocarbonyl (C=S) groups is 1. The van der Waals surface area contributed by atoms with Gasteiger partial charge in [0.05, 0.1) is 17.2 Å². The molecule has 8 nitrogen and oxygen atoms in total. The molecule has 0 bridgehead atoms. The Morgan fingerprint density at radius 2 is 2.17 bits per heavy atom. The van der Waals surface area contributed by atoms with Crippen molar-refractivity contribution >= 4 is 45.4 Å². The van der Waals surface area contributed by atoms with Crippen molar-refractivity contribution in [2.24, 2.45) is 10.2 Å². The van der Waals surface area contributed by atoms with Crippen molar-refractivity contribution in [3.8, 4) is 5.88 Å². The Bertz CT molecular complexity index is 804. The van der Waals surface area contributed by atoms with Crippen LogP contribution in [0.5, 0.6) is 5.88 Å². The SMILES string of the molecule is CCOc1c(N=Nc2ccccc2[N+](=O)[O-])c(C)nn1C(=S)SC. The minimum Gasteiger partial charge on any atom is -0.476 e. The van der Waals surface area contributed by atoms with Gasteiger partial charge in [0.2, 0.25) is 5.88 Å². The Labute approximate surface area is 148 Å². The molecule has 1 heterocycles. The van der Waals surface area contributed by atoms with Crippen LogP contribution in [0.25, 0.3) is 0 Å². The highest BCUT2D eigenvalue weighted by molar-refractivity contribution is 8.22.